The molecule has 1 aliphatic heterocycles. The van der Waals surface area contributed by atoms with Gasteiger partial charge in [0.25, 0.3) is 0 Å². The minimum Gasteiger partial charge on any atom is -0.399 e. The summed E-state index contributed by atoms with van der Waals surface area (Å²) in [5, 5.41) is 0. The molecular formula is C11H15IN2O2S. The van der Waals surface area contributed by atoms with Crippen LogP contribution in [0.4, 0.5) is 11.4 Å². The van der Waals surface area contributed by atoms with E-state index in [4.69, 9.17) is 5.73 Å². The Bertz CT molecular complexity index is 530. The number of nitrogens with zero attached hydrogens (tertiary/aromatic N) is 1. The molecular weight excluding hydrogens is 351 g/mol. The predicted molar refractivity (Wildman–Crippen MR) is 79.0 cm³/mol. The molecule has 94 valence electrons. The summed E-state index contributed by atoms with van der Waals surface area (Å²) < 4.78 is 24.0. The Kier molecular flexibility index (Phi) is 3.53. The highest BCUT2D eigenvalue weighted by molar-refractivity contribution is 14.1. The molecule has 0 spiro atoms. The van der Waals surface area contributed by atoms with E-state index in [0.717, 1.165) is 14.9 Å². The Morgan fingerprint density at radius 1 is 1.47 bits per heavy atom. The van der Waals surface area contributed by atoms with Crippen LogP contribution in [0.5, 0.6) is 0 Å². The summed E-state index contributed by atoms with van der Waals surface area (Å²) in [6.07, 6.45) is 0.708. The van der Waals surface area contributed by atoms with Gasteiger partial charge in [0, 0.05) is 22.3 Å². The highest BCUT2D eigenvalue weighted by Gasteiger charge is 2.31. The van der Waals surface area contributed by atoms with Crippen LogP contribution in [0.1, 0.15) is 6.42 Å². The fourth-order valence-corrected chi connectivity index (χ4v) is 4.78. The summed E-state index contributed by atoms with van der Waals surface area (Å²) >= 11 is 2.23. The molecule has 1 saturated heterocycles. The minimum absolute atomic E-state index is 0.0807. The van der Waals surface area contributed by atoms with E-state index in [1.54, 1.807) is 0 Å². The molecule has 17 heavy (non-hydrogen) atoms. The molecule has 0 aliphatic carbocycles. The molecule has 0 saturated carbocycles. The average molecular weight is 366 g/mol. The van der Waals surface area contributed by atoms with E-state index in [1.165, 1.54) is 0 Å². The van der Waals surface area contributed by atoms with E-state index >= 15 is 0 Å². The second-order valence-corrected chi connectivity index (χ2v) is 7.77. The number of nitrogens with two attached hydrogens (primary N) is 1. The molecule has 0 amide bonds. The van der Waals surface area contributed by atoms with Crippen molar-refractivity contribution in [3.8, 4) is 0 Å². The lowest BCUT2D eigenvalue weighted by Gasteiger charge is -2.26. The maximum absolute atomic E-state index is 11.5. The third-order valence-corrected chi connectivity index (χ3v) is 5.72. The lowest BCUT2D eigenvalue weighted by Crippen LogP contribution is -2.33. The maximum Gasteiger partial charge on any atom is 0.152 e. The van der Waals surface area contributed by atoms with Gasteiger partial charge in [-0.15, -0.1) is 0 Å². The molecule has 4 nitrogen and oxygen atoms in total. The number of nitrogen functional groups attached to an aromatic ring is 1. The van der Waals surface area contributed by atoms with Crippen molar-refractivity contribution in [2.24, 2.45) is 0 Å². The molecule has 1 aromatic carbocycles. The van der Waals surface area contributed by atoms with Gasteiger partial charge in [-0.3, -0.25) is 0 Å². The van der Waals surface area contributed by atoms with Gasteiger partial charge in [-0.25, -0.2) is 8.42 Å². The molecule has 1 atom stereocenters. The summed E-state index contributed by atoms with van der Waals surface area (Å²) in [5.41, 5.74) is 7.48. The Morgan fingerprint density at radius 3 is 2.71 bits per heavy atom. The van der Waals surface area contributed by atoms with Crippen molar-refractivity contribution >= 4 is 43.8 Å². The molecule has 1 heterocycles. The Labute approximate surface area is 115 Å². The lowest BCUT2D eigenvalue weighted by atomic mass is 10.2. The average Bonchev–Trinajstić information content (AvgIpc) is 2.58. The number of rotatable bonds is 2. The quantitative estimate of drug-likeness (QED) is 0.637. The van der Waals surface area contributed by atoms with Gasteiger partial charge < -0.3 is 10.6 Å². The van der Waals surface area contributed by atoms with Gasteiger partial charge in [0.2, 0.25) is 0 Å². The summed E-state index contributed by atoms with van der Waals surface area (Å²) in [6.45, 7) is 0. The zero-order chi connectivity index (χ0) is 12.6. The second-order valence-electron chi connectivity index (χ2n) is 4.38. The predicted octanol–water partition coefficient (Wildman–Crippen LogP) is 1.50. The molecule has 2 N–H and O–H groups in total. The topological polar surface area (TPSA) is 63.4 Å². The molecule has 0 aromatic heterocycles. The van der Waals surface area contributed by atoms with Gasteiger partial charge >= 0.3 is 0 Å². The van der Waals surface area contributed by atoms with Crippen molar-refractivity contribution in [2.75, 3.05) is 29.2 Å². The Morgan fingerprint density at radius 2 is 2.18 bits per heavy atom. The SMILES string of the molecule is CN(c1ccc(N)cc1I)C1CCS(=O)(=O)C1. The number of sulfone groups is 1. The molecule has 1 fully saturated rings. The molecule has 0 bridgehead atoms. The van der Waals surface area contributed by atoms with Crippen molar-refractivity contribution in [2.45, 2.75) is 12.5 Å². The summed E-state index contributed by atoms with van der Waals surface area (Å²) in [4.78, 5) is 2.05. The minimum atomic E-state index is -2.84. The van der Waals surface area contributed by atoms with E-state index in [-0.39, 0.29) is 11.8 Å². The molecule has 0 radical (unpaired) electrons. The monoisotopic (exact) mass is 366 g/mol. The van der Waals surface area contributed by atoms with E-state index in [9.17, 15) is 8.42 Å². The van der Waals surface area contributed by atoms with Crippen LogP contribution in [0.2, 0.25) is 0 Å². The zero-order valence-corrected chi connectivity index (χ0v) is 12.5. The number of hydrogen-bond donors (Lipinski definition) is 1. The van der Waals surface area contributed by atoms with E-state index < -0.39 is 9.84 Å². The molecule has 1 aromatic rings. The van der Waals surface area contributed by atoms with Crippen LogP contribution < -0.4 is 10.6 Å². The van der Waals surface area contributed by atoms with Gasteiger partial charge in [-0.2, -0.15) is 0 Å². The fourth-order valence-electron chi connectivity index (χ4n) is 2.09. The molecule has 6 heteroatoms. The Hall–Kier alpha value is -0.500. The summed E-state index contributed by atoms with van der Waals surface area (Å²) in [7, 11) is -0.895. The molecule has 2 rings (SSSR count). The van der Waals surface area contributed by atoms with Gasteiger partial charge in [-0.05, 0) is 47.2 Å². The molecule has 1 unspecified atom stereocenters. The standard InChI is InChI=1S/C11H15IN2O2S/c1-14(9-4-5-17(15,16)7-9)11-3-2-8(13)6-10(11)12/h2-3,6,9H,4-5,7,13H2,1H3. The van der Waals surface area contributed by atoms with Crippen molar-refractivity contribution in [1.29, 1.82) is 0 Å². The van der Waals surface area contributed by atoms with Crippen molar-refractivity contribution in [1.82, 2.24) is 0 Å². The number of hydrogen-bond acceptors (Lipinski definition) is 4. The smallest absolute Gasteiger partial charge is 0.152 e. The Balaban J connectivity index is 2.23. The van der Waals surface area contributed by atoms with E-state index in [0.29, 0.717) is 12.2 Å². The van der Waals surface area contributed by atoms with Gasteiger partial charge in [0.1, 0.15) is 0 Å². The van der Waals surface area contributed by atoms with E-state index in [2.05, 4.69) is 22.6 Å². The summed E-state index contributed by atoms with van der Waals surface area (Å²) in [5.74, 6) is 0.553. The van der Waals surface area contributed by atoms with Gasteiger partial charge in [0.15, 0.2) is 9.84 Å². The van der Waals surface area contributed by atoms with Crippen LogP contribution in [0.25, 0.3) is 0 Å². The third-order valence-electron chi connectivity index (χ3n) is 3.11. The highest BCUT2D eigenvalue weighted by atomic mass is 127. The lowest BCUT2D eigenvalue weighted by molar-refractivity contribution is 0.601. The summed E-state index contributed by atoms with van der Waals surface area (Å²) in [6, 6.07) is 5.77. The first-order valence-corrected chi connectivity index (χ1v) is 8.27. The fraction of sp³-hybridized carbons (Fsp3) is 0.455. The highest BCUT2D eigenvalue weighted by Crippen LogP contribution is 2.28. The van der Waals surface area contributed by atoms with E-state index in [1.807, 2.05) is 30.1 Å². The second kappa shape index (κ2) is 4.64. The van der Waals surface area contributed by atoms with Crippen molar-refractivity contribution in [3.63, 3.8) is 0 Å². The van der Waals surface area contributed by atoms with Crippen molar-refractivity contribution < 1.29 is 8.42 Å². The van der Waals surface area contributed by atoms with Crippen LogP contribution in [0, 0.1) is 3.57 Å². The third kappa shape index (κ3) is 2.85. The molecule has 1 aliphatic rings. The van der Waals surface area contributed by atoms with Crippen LogP contribution in [0.15, 0.2) is 18.2 Å². The number of benzene rings is 1. The maximum atomic E-state index is 11.5. The van der Waals surface area contributed by atoms with Crippen LogP contribution in [0.3, 0.4) is 0 Å². The zero-order valence-electron chi connectivity index (χ0n) is 9.56. The first kappa shape index (κ1) is 12.9. The van der Waals surface area contributed by atoms with Crippen LogP contribution in [-0.2, 0) is 9.84 Å². The van der Waals surface area contributed by atoms with Crippen LogP contribution >= 0.6 is 22.6 Å². The normalized spacial score (nSPS) is 22.6. The number of anilines is 2. The van der Waals surface area contributed by atoms with Crippen molar-refractivity contribution in [3.05, 3.63) is 21.8 Å². The number of halogens is 1. The van der Waals surface area contributed by atoms with Crippen LogP contribution in [-0.4, -0.2) is 33.0 Å². The first-order valence-electron chi connectivity index (χ1n) is 5.37. The first-order chi connectivity index (χ1) is 7.89. The van der Waals surface area contributed by atoms with Gasteiger partial charge in [-0.1, -0.05) is 0 Å². The largest absolute Gasteiger partial charge is 0.399 e. The van der Waals surface area contributed by atoms with Gasteiger partial charge in [0.05, 0.1) is 17.2 Å².